The van der Waals surface area contributed by atoms with E-state index in [0.717, 1.165) is 0 Å². The summed E-state index contributed by atoms with van der Waals surface area (Å²) in [4.78, 5) is 24.4. The van der Waals surface area contributed by atoms with E-state index < -0.39 is 11.9 Å². The Morgan fingerprint density at radius 1 is 1.04 bits per heavy atom. The third-order valence-electron chi connectivity index (χ3n) is 4.47. The molecule has 0 bridgehead atoms. The maximum absolute atomic E-state index is 12.7. The minimum atomic E-state index is -0.899. The number of aliphatic carboxylic acids is 1. The van der Waals surface area contributed by atoms with Crippen LogP contribution in [0.15, 0.2) is 36.4 Å². The molecular weight excluding hydrogens is 292 g/mol. The van der Waals surface area contributed by atoms with E-state index in [1.807, 2.05) is 13.8 Å². The van der Waals surface area contributed by atoms with Crippen molar-refractivity contribution in [1.82, 2.24) is 0 Å². The van der Waals surface area contributed by atoms with E-state index in [1.54, 1.807) is 36.4 Å². The monoisotopic (exact) mass is 310 g/mol. The third kappa shape index (κ3) is 2.40. The van der Waals surface area contributed by atoms with E-state index in [1.165, 1.54) is 0 Å². The number of carbonyl (C=O) groups excluding carboxylic acids is 1. The summed E-state index contributed by atoms with van der Waals surface area (Å²) >= 11 is 0. The van der Waals surface area contributed by atoms with E-state index in [-0.39, 0.29) is 17.5 Å². The zero-order valence-electron chi connectivity index (χ0n) is 13.0. The molecular formula is C19H18O4. The maximum Gasteiger partial charge on any atom is 0.311 e. The van der Waals surface area contributed by atoms with Crippen molar-refractivity contribution in [3.63, 3.8) is 0 Å². The summed E-state index contributed by atoms with van der Waals surface area (Å²) in [5.41, 5.74) is 2.98. The summed E-state index contributed by atoms with van der Waals surface area (Å²) in [5.74, 6) is -1.76. The number of ketones is 1. The largest absolute Gasteiger partial charge is 0.508 e. The molecule has 0 fully saturated rings. The summed E-state index contributed by atoms with van der Waals surface area (Å²) in [5, 5.41) is 19.7. The average molecular weight is 310 g/mol. The Morgan fingerprint density at radius 3 is 2.26 bits per heavy atom. The predicted molar refractivity (Wildman–Crippen MR) is 86.0 cm³/mol. The van der Waals surface area contributed by atoms with Crippen molar-refractivity contribution in [1.29, 1.82) is 0 Å². The molecule has 1 aliphatic rings. The lowest BCUT2D eigenvalue weighted by molar-refractivity contribution is -0.139. The average Bonchev–Trinajstić information content (AvgIpc) is 2.49. The van der Waals surface area contributed by atoms with Crippen molar-refractivity contribution < 1.29 is 19.8 Å². The fourth-order valence-corrected chi connectivity index (χ4v) is 3.38. The van der Waals surface area contributed by atoms with Crippen LogP contribution in [0, 0.1) is 5.92 Å². The molecule has 23 heavy (non-hydrogen) atoms. The second-order valence-corrected chi connectivity index (χ2v) is 6.24. The summed E-state index contributed by atoms with van der Waals surface area (Å²) < 4.78 is 0. The topological polar surface area (TPSA) is 74.6 Å². The van der Waals surface area contributed by atoms with E-state index in [2.05, 4.69) is 0 Å². The first-order valence-electron chi connectivity index (χ1n) is 7.62. The van der Waals surface area contributed by atoms with Crippen LogP contribution in [0.1, 0.15) is 52.4 Å². The van der Waals surface area contributed by atoms with Gasteiger partial charge in [-0.2, -0.15) is 0 Å². The molecule has 0 radical (unpaired) electrons. The molecule has 0 saturated heterocycles. The molecule has 0 aliphatic heterocycles. The van der Waals surface area contributed by atoms with Gasteiger partial charge in [-0.25, -0.2) is 0 Å². The zero-order chi connectivity index (χ0) is 16.7. The van der Waals surface area contributed by atoms with Gasteiger partial charge in [-0.3, -0.25) is 9.59 Å². The first-order valence-corrected chi connectivity index (χ1v) is 7.62. The summed E-state index contributed by atoms with van der Waals surface area (Å²) in [7, 11) is 0. The molecule has 0 spiro atoms. The molecule has 0 aromatic heterocycles. The molecule has 0 heterocycles. The van der Waals surface area contributed by atoms with Crippen molar-refractivity contribution in [3.05, 3.63) is 64.2 Å². The number of phenolic OH excluding ortho intramolecular Hbond substituents is 1. The Kier molecular flexibility index (Phi) is 3.68. The highest BCUT2D eigenvalue weighted by molar-refractivity contribution is 6.13. The second-order valence-electron chi connectivity index (χ2n) is 6.24. The van der Waals surface area contributed by atoms with Crippen LogP contribution < -0.4 is 0 Å². The highest BCUT2D eigenvalue weighted by atomic mass is 16.4. The molecule has 4 nitrogen and oxygen atoms in total. The van der Waals surface area contributed by atoms with Crippen molar-refractivity contribution in [2.45, 2.75) is 26.2 Å². The maximum atomic E-state index is 12.7. The molecule has 2 N–H and O–H groups in total. The summed E-state index contributed by atoms with van der Waals surface area (Å²) in [6, 6.07) is 10.1. The van der Waals surface area contributed by atoms with E-state index >= 15 is 0 Å². The highest BCUT2D eigenvalue weighted by Gasteiger charge is 2.32. The number of phenols is 1. The van der Waals surface area contributed by atoms with Gasteiger partial charge in [-0.05, 0) is 23.1 Å². The number of carbonyl (C=O) groups is 2. The number of hydrogen-bond donors (Lipinski definition) is 2. The summed E-state index contributed by atoms with van der Waals surface area (Å²) in [6.45, 7) is 3.71. The lowest BCUT2D eigenvalue weighted by Gasteiger charge is -2.26. The molecule has 2 aromatic rings. The minimum Gasteiger partial charge on any atom is -0.508 e. The molecule has 1 aliphatic carbocycles. The number of fused-ring (bicyclic) bond motifs is 2. The van der Waals surface area contributed by atoms with Crippen LogP contribution in [0.3, 0.4) is 0 Å². The van der Waals surface area contributed by atoms with Crippen molar-refractivity contribution >= 4 is 11.8 Å². The van der Waals surface area contributed by atoms with Gasteiger partial charge >= 0.3 is 5.97 Å². The molecule has 118 valence electrons. The quantitative estimate of drug-likeness (QED) is 0.778. The Labute approximate surface area is 134 Å². The molecule has 0 saturated carbocycles. The van der Waals surface area contributed by atoms with Crippen LogP contribution in [-0.2, 0) is 11.2 Å². The van der Waals surface area contributed by atoms with Gasteiger partial charge in [-0.1, -0.05) is 44.2 Å². The first-order chi connectivity index (χ1) is 10.9. The first kappa shape index (κ1) is 15.3. The number of hydrogen-bond acceptors (Lipinski definition) is 3. The number of carboxylic acid groups (broad SMARTS) is 1. The molecule has 0 amide bonds. The Balaban J connectivity index is 2.21. The van der Waals surface area contributed by atoms with Gasteiger partial charge in [0.1, 0.15) is 5.75 Å². The molecule has 3 rings (SSSR count). The van der Waals surface area contributed by atoms with Crippen LogP contribution in [-0.4, -0.2) is 22.0 Å². The third-order valence-corrected chi connectivity index (χ3v) is 4.47. The van der Waals surface area contributed by atoms with Crippen molar-refractivity contribution in [2.75, 3.05) is 0 Å². The van der Waals surface area contributed by atoms with Gasteiger partial charge < -0.3 is 10.2 Å². The molecule has 4 heteroatoms. The van der Waals surface area contributed by atoms with Gasteiger partial charge in [0.2, 0.25) is 0 Å². The normalized spacial score (nSPS) is 14.3. The number of aromatic hydroxyl groups is 1. The van der Waals surface area contributed by atoms with Gasteiger partial charge in [0.15, 0.2) is 5.78 Å². The van der Waals surface area contributed by atoms with Crippen LogP contribution in [0.4, 0.5) is 0 Å². The lowest BCUT2D eigenvalue weighted by atomic mass is 9.77. The number of carboxylic acids is 1. The predicted octanol–water partition coefficient (Wildman–Crippen LogP) is 3.35. The Bertz CT molecular complexity index is 805. The number of rotatable bonds is 3. The zero-order valence-corrected chi connectivity index (χ0v) is 13.0. The van der Waals surface area contributed by atoms with Crippen LogP contribution in [0.25, 0.3) is 0 Å². The van der Waals surface area contributed by atoms with Crippen molar-refractivity contribution in [2.24, 2.45) is 5.92 Å². The van der Waals surface area contributed by atoms with Gasteiger partial charge in [0.05, 0.1) is 5.92 Å². The van der Waals surface area contributed by atoms with Crippen LogP contribution in [0.5, 0.6) is 5.75 Å². The molecule has 1 unspecified atom stereocenters. The van der Waals surface area contributed by atoms with E-state index in [9.17, 15) is 19.8 Å². The molecule has 2 aromatic carbocycles. The van der Waals surface area contributed by atoms with Crippen molar-refractivity contribution in [3.8, 4) is 5.75 Å². The van der Waals surface area contributed by atoms with Gasteiger partial charge in [-0.15, -0.1) is 0 Å². The second kappa shape index (κ2) is 5.54. The Hall–Kier alpha value is -2.62. The van der Waals surface area contributed by atoms with Crippen LogP contribution >= 0.6 is 0 Å². The summed E-state index contributed by atoms with van der Waals surface area (Å²) in [6.07, 6.45) is 0.371. The molecule has 1 atom stereocenters. The minimum absolute atomic E-state index is 0.0766. The standard InChI is InChI=1S/C19H18O4/c1-10(2)17(19(22)23)11-5-3-6-12-14(11)9-15-13(18(12)21)7-4-8-16(15)20/h3-8,10,17,20H,9H2,1-2H3,(H,22,23). The lowest BCUT2D eigenvalue weighted by Crippen LogP contribution is -2.23. The smallest absolute Gasteiger partial charge is 0.311 e. The fraction of sp³-hybridized carbons (Fsp3) is 0.263. The SMILES string of the molecule is CC(C)C(C(=O)O)c1cccc2c1Cc1c(O)cccc1C2=O. The van der Waals surface area contributed by atoms with Gasteiger partial charge in [0, 0.05) is 23.1 Å². The number of benzene rings is 2. The Morgan fingerprint density at radius 2 is 1.65 bits per heavy atom. The fourth-order valence-electron chi connectivity index (χ4n) is 3.38. The van der Waals surface area contributed by atoms with E-state index in [0.29, 0.717) is 34.2 Å². The highest BCUT2D eigenvalue weighted by Crippen LogP contribution is 2.37. The van der Waals surface area contributed by atoms with Crippen LogP contribution in [0.2, 0.25) is 0 Å². The van der Waals surface area contributed by atoms with E-state index in [4.69, 9.17) is 0 Å². The van der Waals surface area contributed by atoms with Gasteiger partial charge in [0.25, 0.3) is 0 Å².